The van der Waals surface area contributed by atoms with Crippen molar-refractivity contribution in [1.82, 2.24) is 5.32 Å². The number of ether oxygens (including phenoxy) is 3. The van der Waals surface area contributed by atoms with Crippen molar-refractivity contribution in [2.75, 3.05) is 49.7 Å². The number of fused-ring (bicyclic) bond motifs is 1. The zero-order valence-electron chi connectivity index (χ0n) is 15.1. The van der Waals surface area contributed by atoms with Crippen LogP contribution in [0, 0.1) is 0 Å². The summed E-state index contributed by atoms with van der Waals surface area (Å²) in [6, 6.07) is 14.3. The Balaban J connectivity index is 1.28. The van der Waals surface area contributed by atoms with Gasteiger partial charge >= 0.3 is 0 Å². The van der Waals surface area contributed by atoms with Gasteiger partial charge in [-0.1, -0.05) is 12.1 Å². The average molecular weight is 385 g/mol. The summed E-state index contributed by atoms with van der Waals surface area (Å²) in [6.07, 6.45) is 0. The molecular weight excluding hydrogens is 362 g/mol. The van der Waals surface area contributed by atoms with Crippen LogP contribution in [0.5, 0.6) is 11.5 Å². The van der Waals surface area contributed by atoms with E-state index in [0.29, 0.717) is 24.9 Å². The minimum absolute atomic E-state index is 0.569. The summed E-state index contributed by atoms with van der Waals surface area (Å²) in [5.74, 6) is 1.51. The average Bonchev–Trinajstić information content (AvgIpc) is 2.73. The zero-order chi connectivity index (χ0) is 18.5. The minimum Gasteiger partial charge on any atom is -0.486 e. The third-order valence-corrected chi connectivity index (χ3v) is 4.81. The number of rotatable bonds is 4. The van der Waals surface area contributed by atoms with E-state index < -0.39 is 0 Å². The zero-order valence-corrected chi connectivity index (χ0v) is 15.9. The largest absolute Gasteiger partial charge is 0.486 e. The monoisotopic (exact) mass is 385 g/mol. The highest BCUT2D eigenvalue weighted by atomic mass is 32.1. The van der Waals surface area contributed by atoms with Crippen molar-refractivity contribution in [3.63, 3.8) is 0 Å². The quantitative estimate of drug-likeness (QED) is 0.785. The number of nitrogens with zero attached hydrogens (tertiary/aromatic N) is 1. The highest BCUT2D eigenvalue weighted by Crippen LogP contribution is 2.32. The Labute approximate surface area is 164 Å². The summed E-state index contributed by atoms with van der Waals surface area (Å²) in [5, 5.41) is 7.00. The second-order valence-electron chi connectivity index (χ2n) is 6.43. The molecule has 2 N–H and O–H groups in total. The van der Waals surface area contributed by atoms with Gasteiger partial charge in [-0.2, -0.15) is 0 Å². The van der Waals surface area contributed by atoms with E-state index in [2.05, 4.69) is 39.8 Å². The molecule has 0 bridgehead atoms. The lowest BCUT2D eigenvalue weighted by atomic mass is 10.2. The fraction of sp³-hybridized carbons (Fsp3) is 0.350. The molecule has 27 heavy (non-hydrogen) atoms. The van der Waals surface area contributed by atoms with Crippen LogP contribution >= 0.6 is 12.2 Å². The van der Waals surface area contributed by atoms with Gasteiger partial charge in [-0.3, -0.25) is 0 Å². The van der Waals surface area contributed by atoms with Crippen LogP contribution in [0.3, 0.4) is 0 Å². The first-order valence-corrected chi connectivity index (χ1v) is 9.55. The van der Waals surface area contributed by atoms with Crippen LogP contribution in [0.2, 0.25) is 0 Å². The summed E-state index contributed by atoms with van der Waals surface area (Å²) < 4.78 is 16.5. The maximum atomic E-state index is 5.60. The van der Waals surface area contributed by atoms with Gasteiger partial charge in [0.15, 0.2) is 16.6 Å². The molecule has 1 fully saturated rings. The maximum absolute atomic E-state index is 5.60. The van der Waals surface area contributed by atoms with E-state index in [4.69, 9.17) is 26.4 Å². The molecule has 0 saturated carbocycles. The van der Waals surface area contributed by atoms with E-state index >= 15 is 0 Å². The van der Waals surface area contributed by atoms with Gasteiger partial charge < -0.3 is 29.7 Å². The van der Waals surface area contributed by atoms with Crippen LogP contribution < -0.4 is 25.0 Å². The van der Waals surface area contributed by atoms with Crippen LogP contribution in [0.1, 0.15) is 5.56 Å². The van der Waals surface area contributed by atoms with Crippen LogP contribution in [0.4, 0.5) is 11.4 Å². The fourth-order valence-electron chi connectivity index (χ4n) is 3.12. The van der Waals surface area contributed by atoms with Gasteiger partial charge in [0.05, 0.1) is 13.2 Å². The molecule has 2 heterocycles. The molecule has 2 aromatic rings. The molecule has 0 atom stereocenters. The van der Waals surface area contributed by atoms with E-state index in [-0.39, 0.29) is 0 Å². The molecule has 0 amide bonds. The Morgan fingerprint density at radius 3 is 2.44 bits per heavy atom. The second-order valence-corrected chi connectivity index (χ2v) is 6.84. The molecule has 1 saturated heterocycles. The first-order valence-electron chi connectivity index (χ1n) is 9.14. The number of morpholine rings is 1. The van der Waals surface area contributed by atoms with Crippen molar-refractivity contribution in [2.45, 2.75) is 6.54 Å². The topological polar surface area (TPSA) is 55.0 Å². The second kappa shape index (κ2) is 8.45. The normalized spacial score (nSPS) is 15.9. The van der Waals surface area contributed by atoms with Crippen molar-refractivity contribution < 1.29 is 14.2 Å². The van der Waals surface area contributed by atoms with E-state index in [1.54, 1.807) is 0 Å². The van der Waals surface area contributed by atoms with Crippen molar-refractivity contribution >= 4 is 28.7 Å². The molecule has 0 aromatic heterocycles. The third kappa shape index (κ3) is 4.61. The van der Waals surface area contributed by atoms with Crippen LogP contribution in [0.15, 0.2) is 42.5 Å². The molecule has 7 heteroatoms. The lowest BCUT2D eigenvalue weighted by Gasteiger charge is -2.28. The number of hydrogen-bond donors (Lipinski definition) is 2. The fourth-order valence-corrected chi connectivity index (χ4v) is 3.31. The summed E-state index contributed by atoms with van der Waals surface area (Å²) in [7, 11) is 0. The van der Waals surface area contributed by atoms with Gasteiger partial charge in [0.1, 0.15) is 13.2 Å². The van der Waals surface area contributed by atoms with E-state index in [0.717, 1.165) is 43.5 Å². The third-order valence-electron chi connectivity index (χ3n) is 4.57. The summed E-state index contributed by atoms with van der Waals surface area (Å²) in [5.41, 5.74) is 3.29. The first-order chi connectivity index (χ1) is 13.3. The van der Waals surface area contributed by atoms with Crippen molar-refractivity contribution in [1.29, 1.82) is 0 Å². The molecule has 4 rings (SSSR count). The SMILES string of the molecule is S=C(NCc1ccc(N2CCOCC2)cc1)Nc1ccc2c(c1)OCCO2. The molecule has 6 nitrogen and oxygen atoms in total. The van der Waals surface area contributed by atoms with E-state index in [9.17, 15) is 0 Å². The number of thiocarbonyl (C=S) groups is 1. The maximum Gasteiger partial charge on any atom is 0.171 e. The Bertz CT molecular complexity index is 792. The lowest BCUT2D eigenvalue weighted by Crippen LogP contribution is -2.36. The van der Waals surface area contributed by atoms with Crippen molar-refractivity contribution in [3.05, 3.63) is 48.0 Å². The highest BCUT2D eigenvalue weighted by molar-refractivity contribution is 7.80. The van der Waals surface area contributed by atoms with Gasteiger partial charge in [-0.05, 0) is 42.0 Å². The lowest BCUT2D eigenvalue weighted by molar-refractivity contribution is 0.122. The summed E-state index contributed by atoms with van der Waals surface area (Å²) in [4.78, 5) is 2.34. The predicted molar refractivity (Wildman–Crippen MR) is 110 cm³/mol. The molecule has 142 valence electrons. The van der Waals surface area contributed by atoms with Crippen LogP contribution in [-0.4, -0.2) is 44.6 Å². The van der Waals surface area contributed by atoms with Crippen molar-refractivity contribution in [3.8, 4) is 11.5 Å². The molecule has 0 radical (unpaired) electrons. The first kappa shape index (κ1) is 17.9. The molecule has 2 aromatic carbocycles. The van der Waals surface area contributed by atoms with Crippen LogP contribution in [0.25, 0.3) is 0 Å². The predicted octanol–water partition coefficient (Wildman–Crippen LogP) is 2.78. The minimum atomic E-state index is 0.569. The standard InChI is InChI=1S/C20H23N3O3S/c27-20(22-16-3-6-18-19(13-16)26-12-11-25-18)21-14-15-1-4-17(5-2-15)23-7-9-24-10-8-23/h1-6,13H,7-12,14H2,(H2,21,22,27). The Kier molecular flexibility index (Phi) is 5.60. The Morgan fingerprint density at radius 1 is 0.926 bits per heavy atom. The van der Waals surface area contributed by atoms with Gasteiger partial charge in [0.2, 0.25) is 0 Å². The molecule has 0 aliphatic carbocycles. The number of hydrogen-bond acceptors (Lipinski definition) is 5. The molecular formula is C20H23N3O3S. The number of nitrogens with one attached hydrogen (secondary N) is 2. The number of anilines is 2. The molecule has 0 unspecified atom stereocenters. The molecule has 0 spiro atoms. The van der Waals surface area contributed by atoms with Gasteiger partial charge in [0.25, 0.3) is 0 Å². The van der Waals surface area contributed by atoms with E-state index in [1.165, 1.54) is 11.3 Å². The Morgan fingerprint density at radius 2 is 1.67 bits per heavy atom. The van der Waals surface area contributed by atoms with Gasteiger partial charge in [-0.25, -0.2) is 0 Å². The van der Waals surface area contributed by atoms with Crippen LogP contribution in [-0.2, 0) is 11.3 Å². The highest BCUT2D eigenvalue weighted by Gasteiger charge is 2.12. The molecule has 2 aliphatic rings. The van der Waals surface area contributed by atoms with Gasteiger partial charge in [0, 0.05) is 37.1 Å². The summed E-state index contributed by atoms with van der Waals surface area (Å²) in [6.45, 7) is 5.30. The number of benzene rings is 2. The van der Waals surface area contributed by atoms with Gasteiger partial charge in [-0.15, -0.1) is 0 Å². The molecule has 2 aliphatic heterocycles. The van der Waals surface area contributed by atoms with E-state index in [1.807, 2.05) is 18.2 Å². The van der Waals surface area contributed by atoms with Crippen molar-refractivity contribution in [2.24, 2.45) is 0 Å². The smallest absolute Gasteiger partial charge is 0.171 e. The summed E-state index contributed by atoms with van der Waals surface area (Å²) >= 11 is 5.40. The Hall–Kier alpha value is -2.51.